The van der Waals surface area contributed by atoms with E-state index in [-0.39, 0.29) is 12.0 Å². The fourth-order valence-corrected chi connectivity index (χ4v) is 3.35. The molecule has 0 N–H and O–H groups in total. The minimum atomic E-state index is -0.306. The highest BCUT2D eigenvalue weighted by Gasteiger charge is 2.28. The number of hydrogen-bond donors (Lipinski definition) is 0. The first-order valence-electron chi connectivity index (χ1n) is 9.28. The van der Waals surface area contributed by atoms with Crippen molar-refractivity contribution in [2.24, 2.45) is 0 Å². The highest BCUT2D eigenvalue weighted by Crippen LogP contribution is 2.29. The average Bonchev–Trinajstić information content (AvgIpc) is 3.14. The van der Waals surface area contributed by atoms with Crippen LogP contribution in [0.25, 0.3) is 11.3 Å². The molecule has 1 saturated heterocycles. The van der Waals surface area contributed by atoms with Crippen LogP contribution < -0.4 is 0 Å². The molecule has 0 bridgehead atoms. The van der Waals surface area contributed by atoms with Gasteiger partial charge in [-0.25, -0.2) is 4.98 Å². The van der Waals surface area contributed by atoms with Gasteiger partial charge in [0.15, 0.2) is 5.69 Å². The van der Waals surface area contributed by atoms with Gasteiger partial charge in [-0.05, 0) is 31.2 Å². The van der Waals surface area contributed by atoms with Crippen LogP contribution in [0.4, 0.5) is 0 Å². The van der Waals surface area contributed by atoms with E-state index in [0.717, 1.165) is 34.8 Å². The van der Waals surface area contributed by atoms with Gasteiger partial charge in [0.05, 0.1) is 35.8 Å². The van der Waals surface area contributed by atoms with Gasteiger partial charge in [-0.15, -0.1) is 5.10 Å². The van der Waals surface area contributed by atoms with Crippen molar-refractivity contribution in [3.8, 4) is 11.3 Å². The van der Waals surface area contributed by atoms with Crippen LogP contribution >= 0.6 is 0 Å². The molecule has 0 spiro atoms. The van der Waals surface area contributed by atoms with Crippen molar-refractivity contribution >= 4 is 5.91 Å². The first-order chi connectivity index (χ1) is 13.7. The highest BCUT2D eigenvalue weighted by molar-refractivity contribution is 5.92. The molecule has 4 heterocycles. The van der Waals surface area contributed by atoms with Crippen molar-refractivity contribution in [2.45, 2.75) is 26.4 Å². The van der Waals surface area contributed by atoms with Gasteiger partial charge in [-0.3, -0.25) is 4.79 Å². The molecule has 0 aliphatic carbocycles. The number of hydrogen-bond acceptors (Lipinski definition) is 7. The Kier molecular flexibility index (Phi) is 5.12. The second-order valence-electron chi connectivity index (χ2n) is 6.59. The standard InChI is InChI=1S/C20H21N5O3/c1-3-17-19(13(2)24-28-17)15-7-4-6-14(22-15)18-12-25(10-11-27-18)20(26)16-8-5-9-21-23-16/h4-9,18H,3,10-12H2,1-2H3. The summed E-state index contributed by atoms with van der Waals surface area (Å²) in [6.07, 6.45) is 1.98. The van der Waals surface area contributed by atoms with Gasteiger partial charge >= 0.3 is 0 Å². The predicted octanol–water partition coefficient (Wildman–Crippen LogP) is 2.61. The Morgan fingerprint density at radius 1 is 1.29 bits per heavy atom. The number of rotatable bonds is 4. The number of aryl methyl sites for hydroxylation is 2. The first kappa shape index (κ1) is 18.2. The maximum absolute atomic E-state index is 12.7. The predicted molar refractivity (Wildman–Crippen MR) is 100 cm³/mol. The smallest absolute Gasteiger partial charge is 0.274 e. The summed E-state index contributed by atoms with van der Waals surface area (Å²) in [5, 5.41) is 11.8. The molecule has 0 aromatic carbocycles. The minimum absolute atomic E-state index is 0.152. The fourth-order valence-electron chi connectivity index (χ4n) is 3.35. The molecule has 3 aromatic rings. The lowest BCUT2D eigenvalue weighted by Gasteiger charge is -2.32. The van der Waals surface area contributed by atoms with Crippen LogP contribution in [0.1, 0.15) is 40.7 Å². The summed E-state index contributed by atoms with van der Waals surface area (Å²) in [6.45, 7) is 5.29. The number of pyridine rings is 1. The Balaban J connectivity index is 1.58. The molecule has 0 radical (unpaired) electrons. The average molecular weight is 379 g/mol. The molecule has 1 fully saturated rings. The SMILES string of the molecule is CCc1onc(C)c1-c1cccc(C2CN(C(=O)c3cccnn3)CCO2)n1. The Labute approximate surface area is 162 Å². The zero-order chi connectivity index (χ0) is 19.5. The van der Waals surface area contributed by atoms with Gasteiger partial charge in [-0.2, -0.15) is 5.10 Å². The zero-order valence-corrected chi connectivity index (χ0v) is 15.8. The largest absolute Gasteiger partial charge is 0.368 e. The maximum Gasteiger partial charge on any atom is 0.274 e. The van der Waals surface area contributed by atoms with Crippen LogP contribution in [0, 0.1) is 6.92 Å². The van der Waals surface area contributed by atoms with E-state index in [4.69, 9.17) is 14.2 Å². The van der Waals surface area contributed by atoms with Crippen LogP contribution in [-0.4, -0.2) is 50.8 Å². The second-order valence-corrected chi connectivity index (χ2v) is 6.59. The summed E-state index contributed by atoms with van der Waals surface area (Å²) >= 11 is 0. The molecule has 3 aromatic heterocycles. The number of carbonyl (C=O) groups is 1. The van der Waals surface area contributed by atoms with E-state index in [1.54, 1.807) is 23.2 Å². The molecule has 0 saturated carbocycles. The van der Waals surface area contributed by atoms with Gasteiger partial charge in [0.1, 0.15) is 11.9 Å². The third kappa shape index (κ3) is 3.50. The van der Waals surface area contributed by atoms with Crippen molar-refractivity contribution in [3.63, 3.8) is 0 Å². The minimum Gasteiger partial charge on any atom is -0.368 e. The molecular weight excluding hydrogens is 358 g/mol. The number of ether oxygens (including phenoxy) is 1. The zero-order valence-electron chi connectivity index (χ0n) is 15.8. The lowest BCUT2D eigenvalue weighted by atomic mass is 10.1. The Morgan fingerprint density at radius 2 is 2.18 bits per heavy atom. The van der Waals surface area contributed by atoms with Gasteiger partial charge in [0.25, 0.3) is 5.91 Å². The van der Waals surface area contributed by atoms with E-state index in [1.165, 1.54) is 0 Å². The normalized spacial score (nSPS) is 16.9. The van der Waals surface area contributed by atoms with Crippen molar-refractivity contribution in [3.05, 3.63) is 59.4 Å². The third-order valence-electron chi connectivity index (χ3n) is 4.76. The van der Waals surface area contributed by atoms with Gasteiger partial charge in [0.2, 0.25) is 0 Å². The van der Waals surface area contributed by atoms with Gasteiger partial charge in [0, 0.05) is 19.2 Å². The van der Waals surface area contributed by atoms with Gasteiger partial charge in [-0.1, -0.05) is 18.1 Å². The van der Waals surface area contributed by atoms with E-state index < -0.39 is 0 Å². The second kappa shape index (κ2) is 7.85. The molecule has 8 heteroatoms. The highest BCUT2D eigenvalue weighted by atomic mass is 16.5. The van der Waals surface area contributed by atoms with Gasteiger partial charge < -0.3 is 14.2 Å². The summed E-state index contributed by atoms with van der Waals surface area (Å²) in [5.41, 5.74) is 3.64. The molecule has 1 aliphatic rings. The molecule has 1 amide bonds. The molecule has 1 atom stereocenters. The quantitative estimate of drug-likeness (QED) is 0.688. The maximum atomic E-state index is 12.7. The first-order valence-corrected chi connectivity index (χ1v) is 9.28. The van der Waals surface area contributed by atoms with Crippen LogP contribution in [0.15, 0.2) is 41.1 Å². The summed E-state index contributed by atoms with van der Waals surface area (Å²) in [7, 11) is 0. The van der Waals surface area contributed by atoms with Crippen LogP contribution in [-0.2, 0) is 11.2 Å². The summed E-state index contributed by atoms with van der Waals surface area (Å²) in [4.78, 5) is 19.2. The topological polar surface area (TPSA) is 94.2 Å². The number of nitrogens with zero attached hydrogens (tertiary/aromatic N) is 5. The molecular formula is C20H21N5O3. The van der Waals surface area contributed by atoms with E-state index in [2.05, 4.69) is 15.4 Å². The van der Waals surface area contributed by atoms with Crippen molar-refractivity contribution in [2.75, 3.05) is 19.7 Å². The summed E-state index contributed by atoms with van der Waals surface area (Å²) < 4.78 is 11.3. The Morgan fingerprint density at radius 3 is 2.96 bits per heavy atom. The van der Waals surface area contributed by atoms with Crippen LogP contribution in [0.3, 0.4) is 0 Å². The fraction of sp³-hybridized carbons (Fsp3) is 0.350. The Bertz CT molecular complexity index is 973. The monoisotopic (exact) mass is 379 g/mol. The molecule has 28 heavy (non-hydrogen) atoms. The molecule has 8 nitrogen and oxygen atoms in total. The number of amides is 1. The van der Waals surface area contributed by atoms with E-state index in [1.807, 2.05) is 32.0 Å². The number of morpholine rings is 1. The van der Waals surface area contributed by atoms with E-state index in [0.29, 0.717) is 25.4 Å². The lowest BCUT2D eigenvalue weighted by Crippen LogP contribution is -2.42. The molecule has 1 aliphatic heterocycles. The van der Waals surface area contributed by atoms with Crippen molar-refractivity contribution in [1.82, 2.24) is 25.2 Å². The Hall–Kier alpha value is -3.13. The summed E-state index contributed by atoms with van der Waals surface area (Å²) in [6, 6.07) is 9.16. The van der Waals surface area contributed by atoms with E-state index in [9.17, 15) is 4.79 Å². The number of aromatic nitrogens is 4. The molecule has 1 unspecified atom stereocenters. The molecule has 4 rings (SSSR count). The van der Waals surface area contributed by atoms with Crippen LogP contribution in [0.2, 0.25) is 0 Å². The van der Waals surface area contributed by atoms with Crippen molar-refractivity contribution in [1.29, 1.82) is 0 Å². The van der Waals surface area contributed by atoms with Crippen LogP contribution in [0.5, 0.6) is 0 Å². The third-order valence-corrected chi connectivity index (χ3v) is 4.76. The van der Waals surface area contributed by atoms with E-state index >= 15 is 0 Å². The number of carbonyl (C=O) groups excluding carboxylic acids is 1. The van der Waals surface area contributed by atoms with Crippen molar-refractivity contribution < 1.29 is 14.1 Å². The summed E-state index contributed by atoms with van der Waals surface area (Å²) in [5.74, 6) is 0.659. The molecule has 144 valence electrons. The lowest BCUT2D eigenvalue weighted by molar-refractivity contribution is -0.0249.